The van der Waals surface area contributed by atoms with Gasteiger partial charge in [0.15, 0.2) is 5.96 Å². The average molecular weight is 591 g/mol. The van der Waals surface area contributed by atoms with Crippen LogP contribution in [0.5, 0.6) is 0 Å². The summed E-state index contributed by atoms with van der Waals surface area (Å²) in [7, 11) is -5.88. The molecule has 1 aromatic carbocycles. The quantitative estimate of drug-likeness (QED) is 0.0907. The summed E-state index contributed by atoms with van der Waals surface area (Å²) >= 11 is 1.19. The molecule has 0 saturated carbocycles. The average Bonchev–Trinajstić information content (AvgIpc) is 3.32. The summed E-state index contributed by atoms with van der Waals surface area (Å²) in [6, 6.07) is 9.58. The fourth-order valence-corrected chi connectivity index (χ4v) is 5.16. The predicted molar refractivity (Wildman–Crippen MR) is 158 cm³/mol. The molecule has 2 rings (SSSR count). The number of carbonyl (C=O) groups is 2. The van der Waals surface area contributed by atoms with Gasteiger partial charge in [0.2, 0.25) is 10.0 Å². The van der Waals surface area contributed by atoms with Crippen LogP contribution in [0.1, 0.15) is 35.3 Å². The first-order valence-electron chi connectivity index (χ1n) is 12.5. The molecule has 6 N–H and O–H groups in total. The van der Waals surface area contributed by atoms with Crippen molar-refractivity contribution >= 4 is 59.4 Å². The van der Waals surface area contributed by atoms with E-state index in [0.29, 0.717) is 11.4 Å². The zero-order chi connectivity index (χ0) is 29.9. The van der Waals surface area contributed by atoms with Crippen molar-refractivity contribution in [2.45, 2.75) is 51.0 Å². The van der Waals surface area contributed by atoms with Crippen molar-refractivity contribution in [1.29, 1.82) is 0 Å². The number of ether oxygens (including phenoxy) is 1. The van der Waals surface area contributed by atoms with Gasteiger partial charge in [0, 0.05) is 18.0 Å². The molecule has 0 aliphatic rings. The second-order valence-corrected chi connectivity index (χ2v) is 12.5. The Labute approximate surface area is 239 Å². The van der Waals surface area contributed by atoms with Crippen molar-refractivity contribution in [1.82, 2.24) is 20.6 Å². The number of nitrogens with zero attached hydrogens (tertiary/aromatic N) is 1. The summed E-state index contributed by atoms with van der Waals surface area (Å²) in [4.78, 5) is 30.6. The Morgan fingerprint density at radius 2 is 1.77 bits per heavy atom. The number of hydrogen-bond acceptors (Lipinski definition) is 9. The van der Waals surface area contributed by atoms with E-state index in [1.807, 2.05) is 0 Å². The third-order valence-electron chi connectivity index (χ3n) is 4.69. The van der Waals surface area contributed by atoms with Crippen molar-refractivity contribution in [2.75, 3.05) is 13.1 Å². The smallest absolute Gasteiger partial charge is 0.431 e. The number of sulfonamides is 1. The first-order chi connectivity index (χ1) is 18.7. The summed E-state index contributed by atoms with van der Waals surface area (Å²) in [5.41, 5.74) is -0.864. The third kappa shape index (κ3) is 11.9. The standard InChI is InChI=1S/C24H35B2N5O7S2/c1-24(2,3)38-22(33)19(31-40(36,37)18-11-7-6-8-12-18)16-28-21(32)20-14-13-17(39-20)10-9-15-27-23(29-25(4)34)30-26(5)35/h6-14,19,31,34-35H,15-16H2,1-5H3,(H,28,32)(H2,27,29,30). The molecule has 1 unspecified atom stereocenters. The lowest BCUT2D eigenvalue weighted by Crippen LogP contribution is -2.50. The maximum absolute atomic E-state index is 12.8. The van der Waals surface area contributed by atoms with Crippen LogP contribution in [-0.4, -0.2) is 75.1 Å². The van der Waals surface area contributed by atoms with Crippen LogP contribution in [0.15, 0.2) is 58.3 Å². The number of amides is 1. The van der Waals surface area contributed by atoms with E-state index >= 15 is 0 Å². The molecule has 1 amide bonds. The molecule has 16 heteroatoms. The molecular formula is C24H35B2N5O7S2. The van der Waals surface area contributed by atoms with E-state index in [-0.39, 0.29) is 17.4 Å². The molecule has 1 heterocycles. The topological polar surface area (TPSA) is 178 Å². The molecule has 0 fully saturated rings. The molecule has 2 aromatic rings. The van der Waals surface area contributed by atoms with Gasteiger partial charge in [-0.25, -0.2) is 8.42 Å². The summed E-state index contributed by atoms with van der Waals surface area (Å²) in [5.74, 6) is -1.08. The highest BCUT2D eigenvalue weighted by molar-refractivity contribution is 7.89. The number of thiophene rings is 1. The lowest BCUT2D eigenvalue weighted by Gasteiger charge is -2.24. The number of guanidine groups is 1. The Hall–Kier alpha value is -3.17. The largest absolute Gasteiger partial charge is 0.459 e. The van der Waals surface area contributed by atoms with Crippen molar-refractivity contribution in [3.63, 3.8) is 0 Å². The molecule has 1 aromatic heterocycles. The van der Waals surface area contributed by atoms with Gasteiger partial charge < -0.3 is 30.6 Å². The number of carbonyl (C=O) groups excluding carboxylic acids is 2. The van der Waals surface area contributed by atoms with Gasteiger partial charge in [0.05, 0.1) is 9.77 Å². The van der Waals surface area contributed by atoms with Crippen LogP contribution in [0.25, 0.3) is 6.08 Å². The van der Waals surface area contributed by atoms with E-state index < -0.39 is 47.6 Å². The minimum Gasteiger partial charge on any atom is -0.459 e. The van der Waals surface area contributed by atoms with E-state index in [4.69, 9.17) is 4.74 Å². The second kappa shape index (κ2) is 15.0. The van der Waals surface area contributed by atoms with Gasteiger partial charge >= 0.3 is 20.1 Å². The van der Waals surface area contributed by atoms with Crippen LogP contribution in [-0.2, 0) is 19.6 Å². The van der Waals surface area contributed by atoms with Crippen molar-refractivity contribution in [2.24, 2.45) is 4.90 Å². The number of hydrogen-bond donors (Lipinski definition) is 6. The summed E-state index contributed by atoms with van der Waals surface area (Å²) in [6.07, 6.45) is 3.54. The maximum Gasteiger partial charge on any atom is 0.431 e. The van der Waals surface area contributed by atoms with Crippen LogP contribution in [0.2, 0.25) is 13.6 Å². The summed E-state index contributed by atoms with van der Waals surface area (Å²) in [6.45, 7) is 7.97. The minimum absolute atomic E-state index is 0.0232. The maximum atomic E-state index is 12.8. The Morgan fingerprint density at radius 3 is 2.38 bits per heavy atom. The monoisotopic (exact) mass is 591 g/mol. The van der Waals surface area contributed by atoms with Crippen molar-refractivity contribution < 1.29 is 32.8 Å². The first kappa shape index (κ1) is 33.0. The molecule has 0 aliphatic carbocycles. The van der Waals surface area contributed by atoms with Gasteiger partial charge in [-0.2, -0.15) is 4.72 Å². The Bertz CT molecular complexity index is 1290. The van der Waals surface area contributed by atoms with Crippen LogP contribution >= 0.6 is 11.3 Å². The fraction of sp³-hybridized carbons (Fsp3) is 0.375. The predicted octanol–water partition coefficient (Wildman–Crippen LogP) is 0.936. The van der Waals surface area contributed by atoms with E-state index in [1.54, 1.807) is 63.3 Å². The normalized spacial score (nSPS) is 13.0. The molecule has 0 bridgehead atoms. The summed E-state index contributed by atoms with van der Waals surface area (Å²) < 4.78 is 33.3. The van der Waals surface area contributed by atoms with E-state index in [9.17, 15) is 28.1 Å². The van der Waals surface area contributed by atoms with Gasteiger partial charge in [-0.05, 0) is 64.8 Å². The SMILES string of the molecule is CB(O)N=C(NCC=Cc1ccc(C(=O)NCC(NS(=O)(=O)c2ccccc2)C(=O)OC(C)(C)C)s1)NB(C)O. The van der Waals surface area contributed by atoms with Gasteiger partial charge in [-0.1, -0.05) is 24.3 Å². The molecule has 216 valence electrons. The lowest BCUT2D eigenvalue weighted by atomic mass is 9.88. The second-order valence-electron chi connectivity index (χ2n) is 9.65. The van der Waals surface area contributed by atoms with Crippen LogP contribution in [0, 0.1) is 0 Å². The van der Waals surface area contributed by atoms with Gasteiger partial charge in [-0.3, -0.25) is 14.5 Å². The van der Waals surface area contributed by atoms with E-state index in [0.717, 1.165) is 4.88 Å². The van der Waals surface area contributed by atoms with Crippen molar-refractivity contribution in [3.05, 3.63) is 58.3 Å². The highest BCUT2D eigenvalue weighted by Gasteiger charge is 2.30. The minimum atomic E-state index is -4.06. The summed E-state index contributed by atoms with van der Waals surface area (Å²) in [5, 5.41) is 27.1. The number of nitrogens with one attached hydrogen (secondary N) is 4. The molecule has 0 saturated heterocycles. The molecular weight excluding hydrogens is 556 g/mol. The number of benzene rings is 1. The Balaban J connectivity index is 2.04. The third-order valence-corrected chi connectivity index (χ3v) is 7.23. The Kier molecular flexibility index (Phi) is 12.4. The first-order valence-corrected chi connectivity index (χ1v) is 14.8. The van der Waals surface area contributed by atoms with E-state index in [1.165, 1.54) is 37.1 Å². The highest BCUT2D eigenvalue weighted by atomic mass is 32.2. The van der Waals surface area contributed by atoms with Gasteiger partial charge in [-0.15, -0.1) is 11.3 Å². The van der Waals surface area contributed by atoms with Crippen molar-refractivity contribution in [3.8, 4) is 0 Å². The lowest BCUT2D eigenvalue weighted by molar-refractivity contribution is -0.156. The molecule has 0 spiro atoms. The number of esters is 1. The van der Waals surface area contributed by atoms with Gasteiger partial charge in [0.1, 0.15) is 11.6 Å². The Morgan fingerprint density at radius 1 is 1.10 bits per heavy atom. The van der Waals surface area contributed by atoms with E-state index in [2.05, 4.69) is 25.5 Å². The molecule has 40 heavy (non-hydrogen) atoms. The van der Waals surface area contributed by atoms with Gasteiger partial charge in [0.25, 0.3) is 5.91 Å². The molecule has 1 atom stereocenters. The molecule has 0 radical (unpaired) electrons. The van der Waals surface area contributed by atoms with Crippen LogP contribution in [0.3, 0.4) is 0 Å². The number of rotatable bonds is 12. The molecule has 0 aliphatic heterocycles. The molecule has 12 nitrogen and oxygen atoms in total. The van der Waals surface area contributed by atoms with Crippen LogP contribution < -0.4 is 20.6 Å². The highest BCUT2D eigenvalue weighted by Crippen LogP contribution is 2.18. The zero-order valence-electron chi connectivity index (χ0n) is 23.0. The van der Waals surface area contributed by atoms with Crippen LogP contribution in [0.4, 0.5) is 0 Å². The zero-order valence-corrected chi connectivity index (χ0v) is 24.7. The fourth-order valence-electron chi connectivity index (χ4n) is 3.10.